The fraction of sp³-hybridized carbons (Fsp3) is 0.135. The number of allylic oxidation sites excluding steroid dienone is 1. The van der Waals surface area contributed by atoms with Crippen molar-refractivity contribution in [2.45, 2.75) is 29.8 Å². The van der Waals surface area contributed by atoms with Gasteiger partial charge in [0.15, 0.2) is 0 Å². The van der Waals surface area contributed by atoms with Gasteiger partial charge < -0.3 is 0 Å². The summed E-state index contributed by atoms with van der Waals surface area (Å²) in [6, 6.07) is 42.0. The quantitative estimate of drug-likeness (QED) is 0.151. The fourth-order valence-corrected chi connectivity index (χ4v) is 23.4. The molecular weight excluding hydrogens is 635 g/mol. The summed E-state index contributed by atoms with van der Waals surface area (Å²) in [5.41, 5.74) is 11.9. The third-order valence-electron chi connectivity index (χ3n) is 8.83. The summed E-state index contributed by atoms with van der Waals surface area (Å²) in [5.74, 6) is 0. The molecule has 0 amide bonds. The summed E-state index contributed by atoms with van der Waals surface area (Å²) in [6.45, 7) is 2.27. The summed E-state index contributed by atoms with van der Waals surface area (Å²) < 4.78 is 1.29. The van der Waals surface area contributed by atoms with Crippen LogP contribution in [0.2, 0.25) is 0 Å². The molecule has 1 unspecified atom stereocenters. The third-order valence-corrected chi connectivity index (χ3v) is 23.0. The van der Waals surface area contributed by atoms with E-state index in [1.54, 1.807) is 0 Å². The molecule has 5 aromatic carbocycles. The van der Waals surface area contributed by atoms with Crippen LogP contribution in [0.3, 0.4) is 0 Å². The molecule has 0 saturated carbocycles. The van der Waals surface area contributed by atoms with Crippen molar-refractivity contribution in [2.75, 3.05) is 0 Å². The van der Waals surface area contributed by atoms with Gasteiger partial charge in [-0.1, -0.05) is 0 Å². The van der Waals surface area contributed by atoms with Gasteiger partial charge in [-0.2, -0.15) is 0 Å². The van der Waals surface area contributed by atoms with E-state index in [0.29, 0.717) is 0 Å². The Kier molecular flexibility index (Phi) is 7.55. The summed E-state index contributed by atoms with van der Waals surface area (Å²) in [5, 5.41) is 2.97. The first-order chi connectivity index (χ1) is 20.1. The predicted octanol–water partition coefficient (Wildman–Crippen LogP) is 8.18. The Morgan fingerprint density at radius 2 is 1.39 bits per heavy atom. The Bertz CT molecular complexity index is 1780. The second-order valence-corrected chi connectivity index (χ2v) is 27.1. The Hall–Kier alpha value is -2.48. The summed E-state index contributed by atoms with van der Waals surface area (Å²) >= 11 is -4.10. The van der Waals surface area contributed by atoms with Gasteiger partial charge in [0.2, 0.25) is 0 Å². The van der Waals surface area contributed by atoms with Gasteiger partial charge in [-0.25, -0.2) is 0 Å². The van der Waals surface area contributed by atoms with E-state index in [1.807, 2.05) is 0 Å². The van der Waals surface area contributed by atoms with Crippen LogP contribution < -0.4 is 13.6 Å². The molecule has 0 bridgehead atoms. The zero-order valence-electron chi connectivity index (χ0n) is 23.2. The number of hydrogen-bond acceptors (Lipinski definition) is 0. The van der Waals surface area contributed by atoms with Crippen molar-refractivity contribution in [3.05, 3.63) is 138 Å². The Morgan fingerprint density at radius 1 is 0.707 bits per heavy atom. The molecule has 0 aromatic heterocycles. The minimum atomic E-state index is -4.10. The molecule has 1 aliphatic heterocycles. The van der Waals surface area contributed by atoms with Crippen molar-refractivity contribution >= 4 is 51.8 Å². The van der Waals surface area contributed by atoms with Crippen molar-refractivity contribution in [1.29, 1.82) is 0 Å². The SMILES string of the molecule is CCCCc1ccc2c(c1-c1ccccc1)C=C(c1ccccc1)[CH]2[Zr]([Cl])([Cl])[c]1cccc2c1[SiH2]c1ccccc1-2. The second-order valence-electron chi connectivity index (χ2n) is 11.3. The van der Waals surface area contributed by atoms with Crippen molar-refractivity contribution in [3.8, 4) is 22.3 Å². The van der Waals surface area contributed by atoms with Gasteiger partial charge in [-0.05, 0) is 0 Å². The predicted molar refractivity (Wildman–Crippen MR) is 179 cm³/mol. The van der Waals surface area contributed by atoms with Crippen molar-refractivity contribution in [1.82, 2.24) is 0 Å². The summed E-state index contributed by atoms with van der Waals surface area (Å²) in [6.07, 6.45) is 5.85. The molecule has 7 rings (SSSR count). The van der Waals surface area contributed by atoms with Crippen LogP contribution in [0.4, 0.5) is 0 Å². The molecule has 1 atom stereocenters. The van der Waals surface area contributed by atoms with Crippen LogP contribution in [0.1, 0.15) is 45.6 Å². The normalized spacial score (nSPS) is 15.9. The van der Waals surface area contributed by atoms with Crippen LogP contribution in [0.15, 0.2) is 115 Å². The minimum absolute atomic E-state index is 0.0110. The van der Waals surface area contributed by atoms with E-state index in [1.165, 1.54) is 76.6 Å². The van der Waals surface area contributed by atoms with Gasteiger partial charge in [0.25, 0.3) is 0 Å². The van der Waals surface area contributed by atoms with Crippen LogP contribution in [-0.4, -0.2) is 9.52 Å². The number of fused-ring (bicyclic) bond motifs is 4. The van der Waals surface area contributed by atoms with Gasteiger partial charge in [0, 0.05) is 0 Å². The maximum atomic E-state index is 7.95. The van der Waals surface area contributed by atoms with E-state index in [9.17, 15) is 0 Å². The van der Waals surface area contributed by atoms with E-state index in [-0.39, 0.29) is 3.63 Å². The number of rotatable bonds is 7. The molecule has 41 heavy (non-hydrogen) atoms. The number of hydrogen-bond donors (Lipinski definition) is 0. The molecule has 5 aromatic rings. The van der Waals surface area contributed by atoms with Crippen LogP contribution in [0, 0.1) is 0 Å². The summed E-state index contributed by atoms with van der Waals surface area (Å²) in [7, 11) is 15.2. The van der Waals surface area contributed by atoms with Crippen LogP contribution in [0.5, 0.6) is 0 Å². The molecule has 0 N–H and O–H groups in total. The van der Waals surface area contributed by atoms with Crippen molar-refractivity contribution in [2.24, 2.45) is 0 Å². The van der Waals surface area contributed by atoms with Crippen molar-refractivity contribution in [3.63, 3.8) is 0 Å². The van der Waals surface area contributed by atoms with Gasteiger partial charge in [-0.15, -0.1) is 0 Å². The zero-order chi connectivity index (χ0) is 28.0. The molecule has 0 spiro atoms. The average Bonchev–Trinajstić information content (AvgIpc) is 3.60. The van der Waals surface area contributed by atoms with E-state index >= 15 is 0 Å². The number of unbranched alkanes of at least 4 members (excludes halogenated alkanes) is 1. The number of halogens is 2. The van der Waals surface area contributed by atoms with E-state index in [4.69, 9.17) is 17.0 Å². The Morgan fingerprint density at radius 3 is 2.15 bits per heavy atom. The molecular formula is C37H32Cl2SiZr. The Balaban J connectivity index is 1.45. The summed E-state index contributed by atoms with van der Waals surface area (Å²) in [4.78, 5) is 0. The van der Waals surface area contributed by atoms with Crippen molar-refractivity contribution < 1.29 is 17.9 Å². The van der Waals surface area contributed by atoms with Gasteiger partial charge >= 0.3 is 259 Å². The van der Waals surface area contributed by atoms with E-state index < -0.39 is 27.4 Å². The number of benzene rings is 5. The standard InChI is InChI=1S/C25H23.C12H9Si.2ClH.Zr/c1-2-3-10-21-15-16-22-17-23(19-11-6-4-7-12-19)18-24(22)25(21)20-13-8-5-9-14-20;1-3-7-11-9(5-1)10-6-2-4-8-12(10)13-11;;;/h4-9,11-18H,2-3,10H2,1H3;1-7H,13H2;2*1H;/q;;;;+2/p-2. The molecule has 2 aliphatic rings. The molecule has 4 heteroatoms. The molecule has 0 nitrogen and oxygen atoms in total. The number of aryl methyl sites for hydroxylation is 1. The first-order valence-electron chi connectivity index (χ1n) is 14.6. The Labute approximate surface area is 257 Å². The first kappa shape index (κ1) is 27.4. The van der Waals surface area contributed by atoms with E-state index in [0.717, 1.165) is 6.42 Å². The second kappa shape index (κ2) is 11.3. The molecule has 202 valence electrons. The molecule has 0 radical (unpaired) electrons. The van der Waals surface area contributed by atoms with Gasteiger partial charge in [0.05, 0.1) is 0 Å². The fourth-order valence-electron chi connectivity index (χ4n) is 6.91. The molecule has 1 heterocycles. The maximum absolute atomic E-state index is 7.95. The first-order valence-corrected chi connectivity index (χ1v) is 25.0. The van der Waals surface area contributed by atoms with Crippen LogP contribution >= 0.6 is 17.0 Å². The van der Waals surface area contributed by atoms with Gasteiger partial charge in [-0.3, -0.25) is 0 Å². The van der Waals surface area contributed by atoms with Crippen LogP contribution in [0.25, 0.3) is 33.9 Å². The van der Waals surface area contributed by atoms with Crippen LogP contribution in [-0.2, 0) is 24.3 Å². The third kappa shape index (κ3) is 4.78. The van der Waals surface area contributed by atoms with E-state index in [2.05, 4.69) is 128 Å². The van der Waals surface area contributed by atoms with Gasteiger partial charge in [0.1, 0.15) is 0 Å². The zero-order valence-corrected chi connectivity index (χ0v) is 28.6. The molecule has 0 fully saturated rings. The molecule has 1 aliphatic carbocycles. The average molecular weight is 667 g/mol. The monoisotopic (exact) mass is 664 g/mol. The topological polar surface area (TPSA) is 0 Å². The molecule has 0 saturated heterocycles.